The second-order valence-electron chi connectivity index (χ2n) is 8.98. The van der Waals surface area contributed by atoms with E-state index in [1.807, 2.05) is 30.3 Å². The number of amides is 2. The number of guanidine groups is 1. The molecule has 3 aromatic carbocycles. The van der Waals surface area contributed by atoms with E-state index in [1.165, 1.54) is 14.2 Å². The fourth-order valence-corrected chi connectivity index (χ4v) is 4.04. The fraction of sp³-hybridized carbons (Fsp3) is 0.207. The SMILES string of the molecule is COc1ccc(CC(=O)NC(=N)N[C@H](Cc2ccccc2)C(=O)NCc2ccc(-c3nnc(O)o3)cc2)cc1OC. The zero-order chi connectivity index (χ0) is 29.2. The van der Waals surface area contributed by atoms with Crippen molar-refractivity contribution in [2.24, 2.45) is 0 Å². The minimum Gasteiger partial charge on any atom is -0.493 e. The summed E-state index contributed by atoms with van der Waals surface area (Å²) < 4.78 is 15.5. The summed E-state index contributed by atoms with van der Waals surface area (Å²) in [5.74, 6) is 0.149. The van der Waals surface area contributed by atoms with Crippen molar-refractivity contribution in [3.63, 3.8) is 0 Å². The molecule has 0 bridgehead atoms. The second kappa shape index (κ2) is 13.6. The third kappa shape index (κ3) is 8.05. The van der Waals surface area contributed by atoms with Crippen LogP contribution in [0.4, 0.5) is 0 Å². The number of nitrogens with one attached hydrogen (secondary N) is 4. The van der Waals surface area contributed by atoms with Crippen LogP contribution in [0.25, 0.3) is 11.5 Å². The summed E-state index contributed by atoms with van der Waals surface area (Å²) >= 11 is 0. The van der Waals surface area contributed by atoms with Crippen molar-refractivity contribution in [1.29, 1.82) is 5.41 Å². The van der Waals surface area contributed by atoms with Crippen molar-refractivity contribution in [3.8, 4) is 29.0 Å². The first-order valence-corrected chi connectivity index (χ1v) is 12.6. The summed E-state index contributed by atoms with van der Waals surface area (Å²) in [6.07, 6.45) is -0.227. The molecule has 1 atom stereocenters. The molecule has 1 heterocycles. The minimum absolute atomic E-state index is 0.000831. The topological polar surface area (TPSA) is 172 Å². The van der Waals surface area contributed by atoms with Gasteiger partial charge in [0.15, 0.2) is 17.5 Å². The number of hydrogen-bond acceptors (Lipinski definition) is 9. The van der Waals surface area contributed by atoms with Crippen LogP contribution in [0.15, 0.2) is 77.2 Å². The first kappa shape index (κ1) is 28.6. The van der Waals surface area contributed by atoms with Gasteiger partial charge in [-0.1, -0.05) is 53.6 Å². The Balaban J connectivity index is 1.36. The van der Waals surface area contributed by atoms with Crippen molar-refractivity contribution < 1.29 is 28.6 Å². The highest BCUT2D eigenvalue weighted by atomic mass is 16.5. The first-order chi connectivity index (χ1) is 19.8. The molecule has 0 saturated heterocycles. The van der Waals surface area contributed by atoms with E-state index in [0.29, 0.717) is 29.0 Å². The average molecular weight is 559 g/mol. The Morgan fingerprint density at radius 3 is 2.29 bits per heavy atom. The zero-order valence-electron chi connectivity index (χ0n) is 22.5. The first-order valence-electron chi connectivity index (χ1n) is 12.6. The Hall–Kier alpha value is -5.39. The van der Waals surface area contributed by atoms with Crippen LogP contribution < -0.4 is 25.4 Å². The molecular formula is C29H30N6O6. The lowest BCUT2D eigenvalue weighted by atomic mass is 10.0. The van der Waals surface area contributed by atoms with Gasteiger partial charge in [0.05, 0.1) is 20.6 Å². The lowest BCUT2D eigenvalue weighted by molar-refractivity contribution is -0.123. The van der Waals surface area contributed by atoms with Crippen LogP contribution in [-0.2, 0) is 29.0 Å². The lowest BCUT2D eigenvalue weighted by Gasteiger charge is -2.20. The molecule has 0 radical (unpaired) electrons. The number of aromatic nitrogens is 2. The lowest BCUT2D eigenvalue weighted by Crippen LogP contribution is -2.52. The van der Waals surface area contributed by atoms with E-state index in [9.17, 15) is 14.7 Å². The highest BCUT2D eigenvalue weighted by Crippen LogP contribution is 2.27. The highest BCUT2D eigenvalue weighted by Gasteiger charge is 2.21. The normalized spacial score (nSPS) is 11.3. The van der Waals surface area contributed by atoms with Gasteiger partial charge in [0.2, 0.25) is 11.8 Å². The molecule has 0 saturated carbocycles. The fourth-order valence-electron chi connectivity index (χ4n) is 4.04. The van der Waals surface area contributed by atoms with Crippen LogP contribution >= 0.6 is 0 Å². The number of rotatable bonds is 11. The van der Waals surface area contributed by atoms with Gasteiger partial charge in [-0.2, -0.15) is 0 Å². The number of nitrogens with zero attached hydrogens (tertiary/aromatic N) is 2. The third-order valence-corrected chi connectivity index (χ3v) is 6.08. The smallest absolute Gasteiger partial charge is 0.412 e. The minimum atomic E-state index is -0.827. The van der Waals surface area contributed by atoms with E-state index in [-0.39, 0.29) is 30.7 Å². The number of hydrogen-bond donors (Lipinski definition) is 5. The standard InChI is InChI=1S/C29H30N6O6/c1-39-23-13-10-20(15-24(23)40-2)16-25(36)33-28(30)32-22(14-18-6-4-3-5-7-18)26(37)31-17-19-8-11-21(12-9-19)27-34-35-29(38)41-27/h3-13,15,22H,14,16-17H2,1-2H3,(H,31,37)(H,35,38)(H3,30,32,33,36)/t22-/m1/s1. The van der Waals surface area contributed by atoms with E-state index in [4.69, 9.17) is 19.3 Å². The largest absolute Gasteiger partial charge is 0.493 e. The van der Waals surface area contributed by atoms with Crippen LogP contribution in [0.2, 0.25) is 0 Å². The van der Waals surface area contributed by atoms with Crippen LogP contribution in [-0.4, -0.2) is 53.3 Å². The zero-order valence-corrected chi connectivity index (χ0v) is 22.5. The van der Waals surface area contributed by atoms with Crippen LogP contribution in [0.5, 0.6) is 17.6 Å². The van der Waals surface area contributed by atoms with Crippen LogP contribution in [0.3, 0.4) is 0 Å². The maximum Gasteiger partial charge on any atom is 0.412 e. The van der Waals surface area contributed by atoms with Crippen molar-refractivity contribution in [3.05, 3.63) is 89.5 Å². The Morgan fingerprint density at radius 1 is 0.927 bits per heavy atom. The van der Waals surface area contributed by atoms with Crippen LogP contribution in [0, 0.1) is 5.41 Å². The molecule has 0 fully saturated rings. The summed E-state index contributed by atoms with van der Waals surface area (Å²) in [6, 6.07) is 20.7. The average Bonchev–Trinajstić information content (AvgIpc) is 3.42. The molecule has 41 heavy (non-hydrogen) atoms. The molecule has 12 heteroatoms. The summed E-state index contributed by atoms with van der Waals surface area (Å²) in [7, 11) is 3.04. The number of carbonyl (C=O) groups is 2. The van der Waals surface area contributed by atoms with E-state index in [0.717, 1.165) is 11.1 Å². The molecule has 0 unspecified atom stereocenters. The van der Waals surface area contributed by atoms with Gasteiger partial charge < -0.3 is 29.6 Å². The quantitative estimate of drug-likeness (QED) is 0.137. The monoisotopic (exact) mass is 558 g/mol. The van der Waals surface area contributed by atoms with Gasteiger partial charge in [0, 0.05) is 18.5 Å². The number of benzene rings is 3. The molecule has 1 aromatic heterocycles. The van der Waals surface area contributed by atoms with Crippen molar-refractivity contribution >= 4 is 17.8 Å². The van der Waals surface area contributed by atoms with Gasteiger partial charge in [0.25, 0.3) is 5.89 Å². The van der Waals surface area contributed by atoms with E-state index in [2.05, 4.69) is 26.1 Å². The third-order valence-electron chi connectivity index (χ3n) is 6.08. The molecule has 2 amide bonds. The second-order valence-corrected chi connectivity index (χ2v) is 8.98. The summed E-state index contributed by atoms with van der Waals surface area (Å²) in [4.78, 5) is 25.8. The highest BCUT2D eigenvalue weighted by molar-refractivity contribution is 5.98. The summed E-state index contributed by atoms with van der Waals surface area (Å²) in [5, 5.41) is 32.9. The molecular weight excluding hydrogens is 528 g/mol. The molecule has 4 rings (SSSR count). The van der Waals surface area contributed by atoms with Gasteiger partial charge in [-0.3, -0.25) is 20.3 Å². The van der Waals surface area contributed by atoms with E-state index < -0.39 is 18.0 Å². The summed E-state index contributed by atoms with van der Waals surface area (Å²) in [5.41, 5.74) is 2.99. The predicted octanol–water partition coefficient (Wildman–Crippen LogP) is 2.57. The van der Waals surface area contributed by atoms with Crippen molar-refractivity contribution in [1.82, 2.24) is 26.1 Å². The predicted molar refractivity (Wildman–Crippen MR) is 149 cm³/mol. The van der Waals surface area contributed by atoms with Gasteiger partial charge in [0.1, 0.15) is 6.04 Å². The number of ether oxygens (including phenoxy) is 2. The molecule has 5 N–H and O–H groups in total. The van der Waals surface area contributed by atoms with Gasteiger partial charge in [-0.05, 0) is 41.0 Å². The van der Waals surface area contributed by atoms with Gasteiger partial charge in [-0.15, -0.1) is 5.10 Å². The Kier molecular flexibility index (Phi) is 9.49. The van der Waals surface area contributed by atoms with Crippen LogP contribution in [0.1, 0.15) is 16.7 Å². The van der Waals surface area contributed by atoms with E-state index in [1.54, 1.807) is 42.5 Å². The Bertz CT molecular complexity index is 1490. The van der Waals surface area contributed by atoms with Gasteiger partial charge in [-0.25, -0.2) is 0 Å². The molecule has 212 valence electrons. The molecule has 0 aliphatic carbocycles. The molecule has 0 aliphatic heterocycles. The van der Waals surface area contributed by atoms with E-state index >= 15 is 0 Å². The molecule has 12 nitrogen and oxygen atoms in total. The maximum atomic E-state index is 13.2. The van der Waals surface area contributed by atoms with Crippen molar-refractivity contribution in [2.75, 3.05) is 14.2 Å². The number of carbonyl (C=O) groups excluding carboxylic acids is 2. The maximum absolute atomic E-state index is 13.2. The van der Waals surface area contributed by atoms with Crippen molar-refractivity contribution in [2.45, 2.75) is 25.4 Å². The van der Waals surface area contributed by atoms with Gasteiger partial charge >= 0.3 is 6.08 Å². The Labute approximate surface area is 236 Å². The molecule has 0 spiro atoms. The molecule has 4 aromatic rings. The number of methoxy groups -OCH3 is 2. The Morgan fingerprint density at radius 2 is 1.63 bits per heavy atom. The summed E-state index contributed by atoms with van der Waals surface area (Å²) in [6.45, 7) is 0.222. The number of aromatic hydroxyl groups is 1. The molecule has 0 aliphatic rings.